The van der Waals surface area contributed by atoms with E-state index in [1.165, 1.54) is 19.1 Å². The van der Waals surface area contributed by atoms with Crippen LogP contribution in [0.15, 0.2) is 23.3 Å². The number of carbonyl (C=O) groups is 2. The molecule has 0 saturated heterocycles. The lowest BCUT2D eigenvalue weighted by Gasteiger charge is -2.03. The lowest BCUT2D eigenvalue weighted by Crippen LogP contribution is -2.07. The van der Waals surface area contributed by atoms with Crippen molar-refractivity contribution >= 4 is 11.9 Å². The number of carbonyl (C=O) groups excluding carboxylic acids is 1. The second-order valence-corrected chi connectivity index (χ2v) is 3.57. The van der Waals surface area contributed by atoms with E-state index in [2.05, 4.69) is 0 Å². The molecule has 0 heterocycles. The number of aliphatic hydroxyl groups excluding tert-OH is 1. The van der Waals surface area contributed by atoms with E-state index in [4.69, 9.17) is 14.9 Å². The number of ether oxygens (including phenoxy) is 1. The number of hydrogen-bond donors (Lipinski definition) is 2. The van der Waals surface area contributed by atoms with Crippen LogP contribution in [0.25, 0.3) is 0 Å². The van der Waals surface area contributed by atoms with Gasteiger partial charge in [-0.1, -0.05) is 12.2 Å². The van der Waals surface area contributed by atoms with Crippen LogP contribution < -0.4 is 0 Å². The van der Waals surface area contributed by atoms with Crippen molar-refractivity contribution in [2.75, 3.05) is 13.2 Å². The molecule has 0 aromatic carbocycles. The van der Waals surface area contributed by atoms with Crippen molar-refractivity contribution in [3.05, 3.63) is 23.3 Å². The van der Waals surface area contributed by atoms with Gasteiger partial charge in [0, 0.05) is 17.8 Å². The summed E-state index contributed by atoms with van der Waals surface area (Å²) in [7, 11) is 0. The highest BCUT2D eigenvalue weighted by Crippen LogP contribution is 2.01. The number of aliphatic carboxylic acids is 1. The molecule has 0 aliphatic heterocycles. The van der Waals surface area contributed by atoms with E-state index in [9.17, 15) is 9.59 Å². The van der Waals surface area contributed by atoms with Gasteiger partial charge in [-0.3, -0.25) is 0 Å². The highest BCUT2D eigenvalue weighted by molar-refractivity contribution is 5.89. The lowest BCUT2D eigenvalue weighted by atomic mass is 10.2. The van der Waals surface area contributed by atoms with E-state index < -0.39 is 11.9 Å². The Morgan fingerprint density at radius 1 is 1.12 bits per heavy atom. The molecule has 0 bridgehead atoms. The van der Waals surface area contributed by atoms with Crippen LogP contribution in [0.2, 0.25) is 0 Å². The first-order valence-electron chi connectivity index (χ1n) is 5.35. The number of allylic oxidation sites excluding steroid dienone is 2. The molecule has 0 fully saturated rings. The summed E-state index contributed by atoms with van der Waals surface area (Å²) in [5.41, 5.74) is 0.493. The number of carboxylic acid groups (broad SMARTS) is 1. The van der Waals surface area contributed by atoms with Crippen molar-refractivity contribution in [2.45, 2.75) is 26.7 Å². The van der Waals surface area contributed by atoms with Crippen molar-refractivity contribution < 1.29 is 24.5 Å². The fourth-order valence-corrected chi connectivity index (χ4v) is 0.882. The molecule has 5 heteroatoms. The SMILES string of the molecule is CC(=CC=C(C)C(=O)OCCCCO)C(=O)O. The summed E-state index contributed by atoms with van der Waals surface area (Å²) in [4.78, 5) is 21.8. The van der Waals surface area contributed by atoms with Crippen LogP contribution in [0.4, 0.5) is 0 Å². The minimum absolute atomic E-state index is 0.0763. The molecule has 96 valence electrons. The highest BCUT2D eigenvalue weighted by Gasteiger charge is 2.05. The molecule has 0 spiro atoms. The van der Waals surface area contributed by atoms with Crippen LogP contribution in [0.1, 0.15) is 26.7 Å². The Hall–Kier alpha value is -1.62. The predicted molar refractivity (Wildman–Crippen MR) is 62.4 cm³/mol. The van der Waals surface area contributed by atoms with E-state index >= 15 is 0 Å². The fraction of sp³-hybridized carbons (Fsp3) is 0.500. The molecule has 2 N–H and O–H groups in total. The number of rotatable bonds is 7. The van der Waals surface area contributed by atoms with Gasteiger partial charge in [0.2, 0.25) is 0 Å². The Labute approximate surface area is 100 Å². The van der Waals surface area contributed by atoms with Crippen molar-refractivity contribution in [3.8, 4) is 0 Å². The zero-order valence-electron chi connectivity index (χ0n) is 10.1. The van der Waals surface area contributed by atoms with Gasteiger partial charge in [0.25, 0.3) is 0 Å². The molecule has 0 saturated carbocycles. The van der Waals surface area contributed by atoms with Gasteiger partial charge in [0.1, 0.15) is 0 Å². The first-order valence-corrected chi connectivity index (χ1v) is 5.35. The Bertz CT molecular complexity index is 328. The Morgan fingerprint density at radius 2 is 1.71 bits per heavy atom. The second-order valence-electron chi connectivity index (χ2n) is 3.57. The minimum Gasteiger partial charge on any atom is -0.478 e. The van der Waals surface area contributed by atoms with Crippen molar-refractivity contribution in [1.82, 2.24) is 0 Å². The fourth-order valence-electron chi connectivity index (χ4n) is 0.882. The third-order valence-corrected chi connectivity index (χ3v) is 2.03. The van der Waals surface area contributed by atoms with Crippen LogP contribution in [0, 0.1) is 0 Å². The number of carboxylic acids is 1. The van der Waals surface area contributed by atoms with E-state index in [0.29, 0.717) is 18.4 Å². The highest BCUT2D eigenvalue weighted by atomic mass is 16.5. The van der Waals surface area contributed by atoms with Gasteiger partial charge in [-0.05, 0) is 26.7 Å². The Kier molecular flexibility index (Phi) is 7.71. The predicted octanol–water partition coefficient (Wildman–Crippen LogP) is 1.28. The zero-order valence-corrected chi connectivity index (χ0v) is 10.1. The molecule has 0 aromatic rings. The third-order valence-electron chi connectivity index (χ3n) is 2.03. The smallest absolute Gasteiger partial charge is 0.333 e. The van der Waals surface area contributed by atoms with Crippen molar-refractivity contribution in [1.29, 1.82) is 0 Å². The summed E-state index contributed by atoms with van der Waals surface area (Å²) in [5.74, 6) is -1.50. The van der Waals surface area contributed by atoms with Gasteiger partial charge in [0.15, 0.2) is 0 Å². The van der Waals surface area contributed by atoms with Gasteiger partial charge in [-0.15, -0.1) is 0 Å². The van der Waals surface area contributed by atoms with E-state index in [-0.39, 0.29) is 18.8 Å². The third kappa shape index (κ3) is 7.30. The van der Waals surface area contributed by atoms with E-state index in [1.807, 2.05) is 0 Å². The average Bonchev–Trinajstić information content (AvgIpc) is 2.30. The molecule has 0 aliphatic rings. The van der Waals surface area contributed by atoms with E-state index in [0.717, 1.165) is 0 Å². The Morgan fingerprint density at radius 3 is 2.24 bits per heavy atom. The maximum Gasteiger partial charge on any atom is 0.333 e. The molecule has 0 amide bonds. The van der Waals surface area contributed by atoms with E-state index in [1.54, 1.807) is 6.92 Å². The maximum atomic E-state index is 11.4. The van der Waals surface area contributed by atoms with Gasteiger partial charge >= 0.3 is 11.9 Å². The Balaban J connectivity index is 4.16. The van der Waals surface area contributed by atoms with Gasteiger partial charge in [-0.2, -0.15) is 0 Å². The maximum absolute atomic E-state index is 11.4. The largest absolute Gasteiger partial charge is 0.478 e. The molecule has 0 rings (SSSR count). The number of unbranched alkanes of at least 4 members (excludes halogenated alkanes) is 1. The molecule has 0 radical (unpaired) electrons. The number of aliphatic hydroxyl groups is 1. The lowest BCUT2D eigenvalue weighted by molar-refractivity contribution is -0.139. The monoisotopic (exact) mass is 242 g/mol. The molecule has 17 heavy (non-hydrogen) atoms. The number of hydrogen-bond acceptors (Lipinski definition) is 4. The van der Waals surface area contributed by atoms with Gasteiger partial charge in [-0.25, -0.2) is 9.59 Å². The van der Waals surface area contributed by atoms with Crippen LogP contribution in [0.3, 0.4) is 0 Å². The standard InChI is InChI=1S/C12H18O5/c1-9(11(14)15)5-6-10(2)12(16)17-8-4-3-7-13/h5-6,13H,3-4,7-8H2,1-2H3,(H,14,15). The summed E-state index contributed by atoms with van der Waals surface area (Å²) in [6.07, 6.45) is 3.97. The molecule has 0 aromatic heterocycles. The first kappa shape index (κ1) is 15.4. The quantitative estimate of drug-likeness (QED) is 0.304. The molecule has 0 atom stereocenters. The van der Waals surface area contributed by atoms with Crippen LogP contribution >= 0.6 is 0 Å². The van der Waals surface area contributed by atoms with Gasteiger partial charge in [0.05, 0.1) is 6.61 Å². The van der Waals surface area contributed by atoms with Gasteiger partial charge < -0.3 is 14.9 Å². The normalized spacial score (nSPS) is 12.4. The summed E-state index contributed by atoms with van der Waals surface area (Å²) >= 11 is 0. The molecule has 5 nitrogen and oxygen atoms in total. The number of esters is 1. The molecule has 0 unspecified atom stereocenters. The topological polar surface area (TPSA) is 83.8 Å². The molecular weight excluding hydrogens is 224 g/mol. The molecular formula is C12H18O5. The van der Waals surface area contributed by atoms with Crippen LogP contribution in [0.5, 0.6) is 0 Å². The summed E-state index contributed by atoms with van der Waals surface area (Å²) in [5, 5.41) is 17.1. The summed E-state index contributed by atoms with van der Waals surface area (Å²) < 4.78 is 4.90. The minimum atomic E-state index is -1.02. The van der Waals surface area contributed by atoms with Crippen molar-refractivity contribution in [2.24, 2.45) is 0 Å². The summed E-state index contributed by atoms with van der Waals surface area (Å²) in [6, 6.07) is 0. The summed E-state index contributed by atoms with van der Waals surface area (Å²) in [6.45, 7) is 3.33. The molecule has 0 aliphatic carbocycles. The second kappa shape index (κ2) is 8.52. The first-order chi connectivity index (χ1) is 7.99. The zero-order chi connectivity index (χ0) is 13.3. The van der Waals surface area contributed by atoms with Crippen LogP contribution in [-0.4, -0.2) is 35.4 Å². The van der Waals surface area contributed by atoms with Crippen LogP contribution in [-0.2, 0) is 14.3 Å². The van der Waals surface area contributed by atoms with Crippen molar-refractivity contribution in [3.63, 3.8) is 0 Å². The average molecular weight is 242 g/mol.